The molecule has 1 fully saturated rings. The first-order valence-electron chi connectivity index (χ1n) is 9.85. The summed E-state index contributed by atoms with van der Waals surface area (Å²) in [5.41, 5.74) is 3.26. The Morgan fingerprint density at radius 1 is 1.07 bits per heavy atom. The highest BCUT2D eigenvalue weighted by Crippen LogP contribution is 2.47. The molecule has 0 aromatic heterocycles. The molecule has 1 N–H and O–H groups in total. The summed E-state index contributed by atoms with van der Waals surface area (Å²) in [5, 5.41) is 3.07. The number of fused-ring (bicyclic) bond motifs is 1. The van der Waals surface area contributed by atoms with Gasteiger partial charge in [-0.05, 0) is 42.9 Å². The van der Waals surface area contributed by atoms with Gasteiger partial charge in [-0.15, -0.1) is 0 Å². The molecule has 5 nitrogen and oxygen atoms in total. The number of carbonyl (C=O) groups is 1. The Bertz CT molecular complexity index is 968. The van der Waals surface area contributed by atoms with Crippen LogP contribution >= 0.6 is 0 Å². The van der Waals surface area contributed by atoms with Crippen molar-refractivity contribution in [3.05, 3.63) is 71.3 Å². The average molecular weight is 399 g/mol. The number of nitrogens with zero attached hydrogens (tertiary/aromatic N) is 1. The van der Waals surface area contributed by atoms with Crippen LogP contribution in [0.3, 0.4) is 0 Å². The highest BCUT2D eigenvalue weighted by Gasteiger charge is 2.45. The lowest BCUT2D eigenvalue weighted by Crippen LogP contribution is -2.53. The molecule has 2 aromatic rings. The van der Waals surface area contributed by atoms with E-state index in [9.17, 15) is 13.2 Å². The molecule has 2 aromatic carbocycles. The Kier molecular flexibility index (Phi) is 5.02. The van der Waals surface area contributed by atoms with Gasteiger partial charge in [0, 0.05) is 18.5 Å². The van der Waals surface area contributed by atoms with Gasteiger partial charge in [0.15, 0.2) is 0 Å². The second-order valence-electron chi connectivity index (χ2n) is 7.80. The van der Waals surface area contributed by atoms with E-state index in [1.807, 2.05) is 42.5 Å². The monoisotopic (exact) mass is 398 g/mol. The molecular formula is C22H26N2O3S. The Morgan fingerprint density at radius 2 is 1.71 bits per heavy atom. The average Bonchev–Trinajstić information content (AvgIpc) is 3.53. The normalized spacial score (nSPS) is 21.0. The van der Waals surface area contributed by atoms with Gasteiger partial charge in [0.1, 0.15) is 6.04 Å². The van der Waals surface area contributed by atoms with Crippen molar-refractivity contribution in [1.29, 1.82) is 0 Å². The minimum absolute atomic E-state index is 0.00203. The van der Waals surface area contributed by atoms with Crippen molar-refractivity contribution in [1.82, 2.24) is 9.62 Å². The van der Waals surface area contributed by atoms with Crippen LogP contribution in [0.4, 0.5) is 0 Å². The lowest BCUT2D eigenvalue weighted by atomic mass is 9.94. The summed E-state index contributed by atoms with van der Waals surface area (Å²) in [6.07, 6.45) is 2.50. The highest BCUT2D eigenvalue weighted by atomic mass is 32.2. The van der Waals surface area contributed by atoms with Gasteiger partial charge in [0.2, 0.25) is 15.9 Å². The number of rotatable bonds is 6. The molecule has 1 saturated carbocycles. The van der Waals surface area contributed by atoms with E-state index in [0.29, 0.717) is 13.0 Å². The van der Waals surface area contributed by atoms with Crippen LogP contribution in [0.5, 0.6) is 0 Å². The molecule has 0 bridgehead atoms. The van der Waals surface area contributed by atoms with E-state index in [2.05, 4.69) is 17.4 Å². The van der Waals surface area contributed by atoms with Crippen LogP contribution < -0.4 is 5.32 Å². The molecule has 2 aliphatic rings. The van der Waals surface area contributed by atoms with Gasteiger partial charge in [-0.3, -0.25) is 4.79 Å². The summed E-state index contributed by atoms with van der Waals surface area (Å²) >= 11 is 0. The van der Waals surface area contributed by atoms with Crippen molar-refractivity contribution in [2.45, 2.75) is 44.2 Å². The fourth-order valence-electron chi connectivity index (χ4n) is 4.06. The number of sulfonamides is 1. The fourth-order valence-corrected chi connectivity index (χ4v) is 5.29. The minimum atomic E-state index is -3.48. The van der Waals surface area contributed by atoms with Crippen LogP contribution in [0.15, 0.2) is 54.6 Å². The smallest absolute Gasteiger partial charge is 0.238 e. The third-order valence-corrected chi connectivity index (χ3v) is 7.90. The van der Waals surface area contributed by atoms with Gasteiger partial charge >= 0.3 is 0 Å². The van der Waals surface area contributed by atoms with Crippen LogP contribution in [0, 0.1) is 0 Å². The maximum absolute atomic E-state index is 13.1. The summed E-state index contributed by atoms with van der Waals surface area (Å²) in [4.78, 5) is 13.1. The molecule has 1 atom stereocenters. The molecule has 1 amide bonds. The highest BCUT2D eigenvalue weighted by molar-refractivity contribution is 7.89. The number of nitrogens with one attached hydrogen (secondary N) is 1. The van der Waals surface area contributed by atoms with Crippen molar-refractivity contribution >= 4 is 15.9 Å². The molecular weight excluding hydrogens is 372 g/mol. The predicted molar refractivity (Wildman–Crippen MR) is 109 cm³/mol. The summed E-state index contributed by atoms with van der Waals surface area (Å²) < 4.78 is 26.7. The van der Waals surface area contributed by atoms with Crippen LogP contribution in [-0.4, -0.2) is 37.0 Å². The molecule has 1 unspecified atom stereocenters. The van der Waals surface area contributed by atoms with Crippen molar-refractivity contribution in [2.75, 3.05) is 12.3 Å². The lowest BCUT2D eigenvalue weighted by Gasteiger charge is -2.35. The van der Waals surface area contributed by atoms with Gasteiger partial charge in [-0.2, -0.15) is 4.31 Å². The van der Waals surface area contributed by atoms with E-state index in [1.165, 1.54) is 9.87 Å². The standard InChI is InChI=1S/C22H26N2O3S/c1-2-28(26,27)24-15-18-9-7-6-8-17(18)14-20(24)21(25)23-16-22(12-13-22)19-10-4-3-5-11-19/h3-11,20H,2,12-16H2,1H3,(H,23,25). The molecule has 0 spiro atoms. The van der Waals surface area contributed by atoms with Gasteiger partial charge in [0.05, 0.1) is 5.75 Å². The fraction of sp³-hybridized carbons (Fsp3) is 0.409. The van der Waals surface area contributed by atoms with E-state index in [-0.39, 0.29) is 23.6 Å². The van der Waals surface area contributed by atoms with E-state index in [0.717, 1.165) is 24.0 Å². The first-order valence-corrected chi connectivity index (χ1v) is 11.5. The van der Waals surface area contributed by atoms with Crippen molar-refractivity contribution in [3.63, 3.8) is 0 Å². The summed E-state index contributed by atoms with van der Waals surface area (Å²) in [5.74, 6) is -0.207. The van der Waals surface area contributed by atoms with Crippen LogP contribution in [-0.2, 0) is 33.2 Å². The zero-order valence-electron chi connectivity index (χ0n) is 16.1. The van der Waals surface area contributed by atoms with E-state index >= 15 is 0 Å². The SMILES string of the molecule is CCS(=O)(=O)N1Cc2ccccc2CC1C(=O)NCC1(c2ccccc2)CC1. The third-order valence-electron chi connectivity index (χ3n) is 6.07. The minimum Gasteiger partial charge on any atom is -0.354 e. The second kappa shape index (κ2) is 7.33. The molecule has 148 valence electrons. The summed E-state index contributed by atoms with van der Waals surface area (Å²) in [7, 11) is -3.48. The molecule has 1 heterocycles. The van der Waals surface area contributed by atoms with Gasteiger partial charge < -0.3 is 5.32 Å². The van der Waals surface area contributed by atoms with Gasteiger partial charge in [-0.25, -0.2) is 8.42 Å². The summed E-state index contributed by atoms with van der Waals surface area (Å²) in [6, 6.07) is 17.3. The van der Waals surface area contributed by atoms with Crippen molar-refractivity contribution in [3.8, 4) is 0 Å². The van der Waals surface area contributed by atoms with Gasteiger partial charge in [-0.1, -0.05) is 54.6 Å². The third kappa shape index (κ3) is 3.59. The van der Waals surface area contributed by atoms with E-state index < -0.39 is 16.1 Å². The lowest BCUT2D eigenvalue weighted by molar-refractivity contribution is -0.125. The maximum Gasteiger partial charge on any atom is 0.238 e. The molecule has 4 rings (SSSR count). The molecule has 1 aliphatic heterocycles. The zero-order chi connectivity index (χ0) is 19.8. The zero-order valence-corrected chi connectivity index (χ0v) is 16.9. The molecule has 0 saturated heterocycles. The van der Waals surface area contributed by atoms with Crippen molar-refractivity contribution in [2.24, 2.45) is 0 Å². The molecule has 28 heavy (non-hydrogen) atoms. The first-order chi connectivity index (χ1) is 13.5. The molecule has 6 heteroatoms. The largest absolute Gasteiger partial charge is 0.354 e. The second-order valence-corrected chi connectivity index (χ2v) is 10.0. The Labute approximate surface area is 166 Å². The van der Waals surface area contributed by atoms with Crippen LogP contribution in [0.25, 0.3) is 0 Å². The maximum atomic E-state index is 13.1. The Hall–Kier alpha value is -2.18. The van der Waals surface area contributed by atoms with Gasteiger partial charge in [0.25, 0.3) is 0 Å². The molecule has 1 aliphatic carbocycles. The topological polar surface area (TPSA) is 66.5 Å². The summed E-state index contributed by atoms with van der Waals surface area (Å²) in [6.45, 7) is 2.43. The molecule has 0 radical (unpaired) electrons. The van der Waals surface area contributed by atoms with E-state index in [1.54, 1.807) is 6.92 Å². The predicted octanol–water partition coefficient (Wildman–Crippen LogP) is 2.61. The van der Waals surface area contributed by atoms with Crippen LogP contribution in [0.1, 0.15) is 36.5 Å². The first kappa shape index (κ1) is 19.2. The number of amides is 1. The number of hydrogen-bond donors (Lipinski definition) is 1. The Balaban J connectivity index is 1.53. The number of carbonyl (C=O) groups excluding carboxylic acids is 1. The van der Waals surface area contributed by atoms with E-state index in [4.69, 9.17) is 0 Å². The Morgan fingerprint density at radius 3 is 2.36 bits per heavy atom. The van der Waals surface area contributed by atoms with Crippen LogP contribution in [0.2, 0.25) is 0 Å². The number of benzene rings is 2. The quantitative estimate of drug-likeness (QED) is 0.813. The number of hydrogen-bond acceptors (Lipinski definition) is 3. The van der Waals surface area contributed by atoms with Crippen molar-refractivity contribution < 1.29 is 13.2 Å².